The summed E-state index contributed by atoms with van der Waals surface area (Å²) in [5.41, 5.74) is 0. The molecule has 0 heterocycles. The number of hydrogen-bond acceptors (Lipinski definition) is 3. The SMILES string of the molecule is OB(O)O.[Eu].[KH]. The summed E-state index contributed by atoms with van der Waals surface area (Å²) < 4.78 is 0. The Morgan fingerprint density at radius 1 is 1.00 bits per heavy atom. The molecule has 0 aromatic rings. The normalized spacial score (nSPS) is 4.50. The van der Waals surface area contributed by atoms with Gasteiger partial charge in [-0.2, -0.15) is 0 Å². The Morgan fingerprint density at radius 2 is 1.00 bits per heavy atom. The van der Waals surface area contributed by atoms with E-state index in [0.29, 0.717) is 0 Å². The monoisotopic (exact) mass is 255 g/mol. The van der Waals surface area contributed by atoms with E-state index >= 15 is 0 Å². The Hall–Kier alpha value is 3.17. The van der Waals surface area contributed by atoms with Crippen LogP contribution in [0.2, 0.25) is 0 Å². The van der Waals surface area contributed by atoms with E-state index in [1.54, 1.807) is 0 Å². The number of rotatable bonds is 0. The zero-order chi connectivity index (χ0) is 3.58. The molecule has 0 amide bonds. The first kappa shape index (κ1) is 16.1. The second kappa shape index (κ2) is 11.0. The molecule has 0 atom stereocenters. The van der Waals surface area contributed by atoms with Gasteiger partial charge in [-0.25, -0.2) is 0 Å². The predicted molar refractivity (Wildman–Crippen MR) is 19.6 cm³/mol. The van der Waals surface area contributed by atoms with Crippen LogP contribution in [0.25, 0.3) is 0 Å². The van der Waals surface area contributed by atoms with Crippen LogP contribution >= 0.6 is 0 Å². The molecule has 0 saturated heterocycles. The summed E-state index contributed by atoms with van der Waals surface area (Å²) in [6.45, 7) is 0. The molecule has 0 spiro atoms. The van der Waals surface area contributed by atoms with Gasteiger partial charge in [-0.1, -0.05) is 0 Å². The fourth-order valence-electron chi connectivity index (χ4n) is 0. The molecule has 0 aromatic carbocycles. The van der Waals surface area contributed by atoms with E-state index in [9.17, 15) is 0 Å². The molecular formula is H4BEuKO3. The van der Waals surface area contributed by atoms with Crippen LogP contribution in [0.1, 0.15) is 0 Å². The molecule has 6 heteroatoms. The summed E-state index contributed by atoms with van der Waals surface area (Å²) in [5.74, 6) is 0. The zero-order valence-electron chi connectivity index (χ0n) is 2.30. The maximum absolute atomic E-state index is 7.17. The molecule has 0 saturated carbocycles. The number of hydrogen-bond donors (Lipinski definition) is 3. The Bertz CT molecular complexity index is 15.5. The average Bonchev–Trinajstić information content (AvgIpc) is 0.811. The predicted octanol–water partition coefficient (Wildman–Crippen LogP) is -2.70. The first-order valence-corrected chi connectivity index (χ1v) is 0.775. The molecule has 0 bridgehead atoms. The Balaban J connectivity index is -0.0000000450. The van der Waals surface area contributed by atoms with Crippen molar-refractivity contribution in [2.24, 2.45) is 0 Å². The Kier molecular flexibility index (Phi) is 29.6. The third-order valence-corrected chi connectivity index (χ3v) is 0. The van der Waals surface area contributed by atoms with Gasteiger partial charge in [0.15, 0.2) is 0 Å². The van der Waals surface area contributed by atoms with Crippen LogP contribution in [0.15, 0.2) is 0 Å². The van der Waals surface area contributed by atoms with Crippen LogP contribution in [0, 0.1) is 49.4 Å². The summed E-state index contributed by atoms with van der Waals surface area (Å²) in [6.07, 6.45) is 0. The van der Waals surface area contributed by atoms with Gasteiger partial charge in [0.1, 0.15) is 0 Å². The van der Waals surface area contributed by atoms with Crippen LogP contribution in [-0.4, -0.2) is 73.8 Å². The molecule has 0 fully saturated rings. The van der Waals surface area contributed by atoms with E-state index in [0.717, 1.165) is 0 Å². The molecule has 0 aliphatic carbocycles. The Labute approximate surface area is 120 Å². The van der Waals surface area contributed by atoms with Crippen molar-refractivity contribution in [3.63, 3.8) is 0 Å². The van der Waals surface area contributed by atoms with Gasteiger partial charge in [0.2, 0.25) is 0 Å². The molecule has 6 heavy (non-hydrogen) atoms. The van der Waals surface area contributed by atoms with Gasteiger partial charge in [-0.3, -0.25) is 0 Å². The minimum absolute atomic E-state index is 0. The van der Waals surface area contributed by atoms with Crippen molar-refractivity contribution in [1.29, 1.82) is 0 Å². The summed E-state index contributed by atoms with van der Waals surface area (Å²) in [7, 11) is -2.17. The average molecular weight is 254 g/mol. The fraction of sp³-hybridized carbons (Fsp3) is 0. The first-order chi connectivity index (χ1) is 1.73. The van der Waals surface area contributed by atoms with Gasteiger partial charge in [0.25, 0.3) is 0 Å². The quantitative estimate of drug-likeness (QED) is 0.412. The summed E-state index contributed by atoms with van der Waals surface area (Å²) in [5, 5.41) is 21.5. The zero-order valence-corrected chi connectivity index (χ0v) is 4.72. The van der Waals surface area contributed by atoms with Crippen molar-refractivity contribution in [3.8, 4) is 0 Å². The maximum atomic E-state index is 7.17. The standard InChI is InChI=1S/BH3O3.Eu.K.H/c2-1(3)4;;;/h2-4H;;;. The van der Waals surface area contributed by atoms with Gasteiger partial charge in [0, 0.05) is 49.4 Å². The van der Waals surface area contributed by atoms with Gasteiger partial charge in [-0.15, -0.1) is 0 Å². The van der Waals surface area contributed by atoms with Crippen LogP contribution in [-0.2, 0) is 0 Å². The molecule has 0 unspecified atom stereocenters. The third-order valence-electron chi connectivity index (χ3n) is 0. The Morgan fingerprint density at radius 3 is 1.00 bits per heavy atom. The molecule has 0 aliphatic heterocycles. The molecule has 33 valence electrons. The molecule has 1 radical (unpaired) electrons. The molecular weight excluding hydrogens is 250 g/mol. The van der Waals surface area contributed by atoms with Gasteiger partial charge in [-0.05, 0) is 0 Å². The topological polar surface area (TPSA) is 60.7 Å². The van der Waals surface area contributed by atoms with E-state index < -0.39 is 7.32 Å². The van der Waals surface area contributed by atoms with E-state index in [-0.39, 0.29) is 101 Å². The van der Waals surface area contributed by atoms with Crippen LogP contribution in [0.3, 0.4) is 0 Å². The molecule has 0 rings (SSSR count). The first-order valence-electron chi connectivity index (χ1n) is 0.775. The van der Waals surface area contributed by atoms with Crippen molar-refractivity contribution >= 4 is 58.7 Å². The van der Waals surface area contributed by atoms with Crippen molar-refractivity contribution in [1.82, 2.24) is 0 Å². The van der Waals surface area contributed by atoms with Crippen molar-refractivity contribution in [2.45, 2.75) is 0 Å². The summed E-state index contributed by atoms with van der Waals surface area (Å²) >= 11 is 0. The van der Waals surface area contributed by atoms with Crippen molar-refractivity contribution in [3.05, 3.63) is 0 Å². The van der Waals surface area contributed by atoms with Crippen LogP contribution in [0.4, 0.5) is 0 Å². The minimum atomic E-state index is -2.17. The van der Waals surface area contributed by atoms with E-state index in [2.05, 4.69) is 0 Å². The van der Waals surface area contributed by atoms with Gasteiger partial charge in [0.05, 0.1) is 0 Å². The molecule has 3 N–H and O–H groups in total. The molecule has 0 aliphatic rings. The van der Waals surface area contributed by atoms with Gasteiger partial charge >= 0.3 is 58.7 Å². The molecule has 3 nitrogen and oxygen atoms in total. The van der Waals surface area contributed by atoms with Gasteiger partial charge < -0.3 is 15.1 Å². The third kappa shape index (κ3) is 27.2. The second-order valence-electron chi connectivity index (χ2n) is 0.346. The fourth-order valence-corrected chi connectivity index (χ4v) is 0. The van der Waals surface area contributed by atoms with Crippen LogP contribution in [0.5, 0.6) is 0 Å². The van der Waals surface area contributed by atoms with Crippen molar-refractivity contribution < 1.29 is 64.4 Å². The van der Waals surface area contributed by atoms with E-state index in [1.807, 2.05) is 0 Å². The van der Waals surface area contributed by atoms with Crippen LogP contribution < -0.4 is 0 Å². The summed E-state index contributed by atoms with van der Waals surface area (Å²) in [4.78, 5) is 0. The van der Waals surface area contributed by atoms with E-state index in [1.165, 1.54) is 0 Å². The summed E-state index contributed by atoms with van der Waals surface area (Å²) in [6, 6.07) is 0. The van der Waals surface area contributed by atoms with Crippen molar-refractivity contribution in [2.75, 3.05) is 0 Å². The van der Waals surface area contributed by atoms with E-state index in [4.69, 9.17) is 15.1 Å². The second-order valence-corrected chi connectivity index (χ2v) is 0.346. The molecule has 0 aromatic heterocycles.